The van der Waals surface area contributed by atoms with E-state index in [-0.39, 0.29) is 5.04 Å². The summed E-state index contributed by atoms with van der Waals surface area (Å²) in [5, 5.41) is 3.88. The maximum atomic E-state index is 6.35. The lowest BCUT2D eigenvalue weighted by atomic mass is 9.96. The third-order valence-electron chi connectivity index (χ3n) is 4.70. The Morgan fingerprint density at radius 2 is 2.05 bits per heavy atom. The first-order chi connectivity index (χ1) is 9.21. The molecule has 0 unspecified atom stereocenters. The normalized spacial score (nSPS) is 19.8. The van der Waals surface area contributed by atoms with Gasteiger partial charge < -0.3 is 9.74 Å². The van der Waals surface area contributed by atoms with Crippen LogP contribution < -0.4 is 5.32 Å². The van der Waals surface area contributed by atoms with E-state index >= 15 is 0 Å². The fraction of sp³-hybridized carbons (Fsp3) is 0.625. The molecule has 0 aliphatic carbocycles. The Morgan fingerprint density at radius 3 is 2.70 bits per heavy atom. The summed E-state index contributed by atoms with van der Waals surface area (Å²) in [5.74, 6) is 0. The third kappa shape index (κ3) is 3.53. The molecule has 0 spiro atoms. The predicted molar refractivity (Wildman–Crippen MR) is 91.6 cm³/mol. The highest BCUT2D eigenvalue weighted by Crippen LogP contribution is 2.36. The standard InChI is InChI=1S/C16H26BrNOSi/c1-16(2,3)20(4,5)19-11-13-9-14-12(10-18-13)7-6-8-15(14)17/h6-8,13,18H,9-11H2,1-5H3/t13-/m1/s1. The Balaban J connectivity index is 1.99. The lowest BCUT2D eigenvalue weighted by molar-refractivity contribution is 0.236. The highest BCUT2D eigenvalue weighted by Gasteiger charge is 2.37. The minimum Gasteiger partial charge on any atom is -0.415 e. The van der Waals surface area contributed by atoms with Crippen molar-refractivity contribution in [3.63, 3.8) is 0 Å². The Kier molecular flexibility index (Phi) is 4.79. The summed E-state index contributed by atoms with van der Waals surface area (Å²) in [7, 11) is -1.65. The molecule has 0 saturated carbocycles. The topological polar surface area (TPSA) is 21.3 Å². The van der Waals surface area contributed by atoms with E-state index < -0.39 is 8.32 Å². The second-order valence-electron chi connectivity index (χ2n) is 7.23. The van der Waals surface area contributed by atoms with Crippen molar-refractivity contribution in [1.29, 1.82) is 0 Å². The van der Waals surface area contributed by atoms with E-state index in [4.69, 9.17) is 4.43 Å². The van der Waals surface area contributed by atoms with Gasteiger partial charge in [0.2, 0.25) is 0 Å². The van der Waals surface area contributed by atoms with Gasteiger partial charge in [-0.25, -0.2) is 0 Å². The van der Waals surface area contributed by atoms with Crippen LogP contribution >= 0.6 is 15.9 Å². The van der Waals surface area contributed by atoms with Crippen molar-refractivity contribution in [2.75, 3.05) is 6.61 Å². The van der Waals surface area contributed by atoms with Crippen LogP contribution in [-0.2, 0) is 17.4 Å². The molecule has 1 aliphatic rings. The summed E-state index contributed by atoms with van der Waals surface area (Å²) in [6, 6.07) is 6.88. The Bertz CT molecular complexity index is 482. The van der Waals surface area contributed by atoms with E-state index in [0.29, 0.717) is 6.04 Å². The molecule has 1 aliphatic heterocycles. The van der Waals surface area contributed by atoms with Crippen LogP contribution in [0.25, 0.3) is 0 Å². The fourth-order valence-electron chi connectivity index (χ4n) is 2.21. The average Bonchev–Trinajstić information content (AvgIpc) is 2.36. The van der Waals surface area contributed by atoms with Gasteiger partial charge in [0.05, 0.1) is 0 Å². The first-order valence-corrected chi connectivity index (χ1v) is 11.0. The van der Waals surface area contributed by atoms with Crippen molar-refractivity contribution in [3.8, 4) is 0 Å². The van der Waals surface area contributed by atoms with Gasteiger partial charge in [-0.05, 0) is 41.7 Å². The summed E-state index contributed by atoms with van der Waals surface area (Å²) in [4.78, 5) is 0. The van der Waals surface area contributed by atoms with Gasteiger partial charge in [0, 0.05) is 23.7 Å². The molecule has 2 rings (SSSR count). The maximum Gasteiger partial charge on any atom is 0.192 e. The molecule has 1 aromatic rings. The molecule has 1 N–H and O–H groups in total. The molecule has 0 aromatic heterocycles. The van der Waals surface area contributed by atoms with E-state index in [1.54, 1.807) is 0 Å². The summed E-state index contributed by atoms with van der Waals surface area (Å²) in [6.07, 6.45) is 1.05. The molecule has 112 valence electrons. The van der Waals surface area contributed by atoms with Crippen molar-refractivity contribution in [3.05, 3.63) is 33.8 Å². The smallest absolute Gasteiger partial charge is 0.192 e. The van der Waals surface area contributed by atoms with E-state index in [9.17, 15) is 0 Å². The quantitative estimate of drug-likeness (QED) is 0.806. The first-order valence-electron chi connectivity index (χ1n) is 7.34. The highest BCUT2D eigenvalue weighted by molar-refractivity contribution is 9.10. The van der Waals surface area contributed by atoms with Gasteiger partial charge in [0.1, 0.15) is 0 Å². The van der Waals surface area contributed by atoms with Crippen LogP contribution in [0.3, 0.4) is 0 Å². The number of fused-ring (bicyclic) bond motifs is 1. The van der Waals surface area contributed by atoms with E-state index in [2.05, 4.69) is 73.3 Å². The molecule has 0 amide bonds. The summed E-state index contributed by atoms with van der Waals surface area (Å²) < 4.78 is 7.58. The lowest BCUT2D eigenvalue weighted by Gasteiger charge is -2.38. The molecular weight excluding hydrogens is 330 g/mol. The van der Waals surface area contributed by atoms with E-state index in [1.165, 1.54) is 15.6 Å². The lowest BCUT2D eigenvalue weighted by Crippen LogP contribution is -2.46. The molecule has 20 heavy (non-hydrogen) atoms. The van der Waals surface area contributed by atoms with Gasteiger partial charge in [-0.1, -0.05) is 48.8 Å². The van der Waals surface area contributed by atoms with Crippen LogP contribution in [0.15, 0.2) is 22.7 Å². The van der Waals surface area contributed by atoms with Gasteiger partial charge in [-0.2, -0.15) is 0 Å². The van der Waals surface area contributed by atoms with Crippen molar-refractivity contribution >= 4 is 24.2 Å². The second kappa shape index (κ2) is 5.91. The molecule has 0 radical (unpaired) electrons. The fourth-order valence-corrected chi connectivity index (χ4v) is 3.83. The molecule has 4 heteroatoms. The summed E-state index contributed by atoms with van der Waals surface area (Å²) >= 11 is 3.67. The van der Waals surface area contributed by atoms with E-state index in [0.717, 1.165) is 19.6 Å². The number of halogens is 1. The zero-order chi connectivity index (χ0) is 15.0. The molecule has 1 aromatic carbocycles. The summed E-state index contributed by atoms with van der Waals surface area (Å²) in [5.41, 5.74) is 2.85. The van der Waals surface area contributed by atoms with Crippen LogP contribution in [0, 0.1) is 0 Å². The van der Waals surface area contributed by atoms with E-state index in [1.807, 2.05) is 0 Å². The summed E-state index contributed by atoms with van der Waals surface area (Å²) in [6.45, 7) is 13.3. The number of nitrogens with one attached hydrogen (secondary N) is 1. The van der Waals surface area contributed by atoms with Crippen LogP contribution in [0.4, 0.5) is 0 Å². The van der Waals surface area contributed by atoms with Crippen LogP contribution in [0.1, 0.15) is 31.9 Å². The monoisotopic (exact) mass is 355 g/mol. The molecule has 0 saturated heterocycles. The second-order valence-corrected chi connectivity index (χ2v) is 12.9. The first kappa shape index (κ1) is 16.2. The molecule has 0 fully saturated rings. The SMILES string of the molecule is CC(C)(C)[Si](C)(C)OC[C@H]1Cc2c(Br)cccc2CN1. The van der Waals surface area contributed by atoms with Gasteiger partial charge in [0.25, 0.3) is 0 Å². The number of rotatable bonds is 3. The molecular formula is C16H26BrNOSi. The molecule has 1 atom stereocenters. The maximum absolute atomic E-state index is 6.35. The zero-order valence-electron chi connectivity index (χ0n) is 13.2. The minimum atomic E-state index is -1.65. The van der Waals surface area contributed by atoms with Gasteiger partial charge >= 0.3 is 0 Å². The van der Waals surface area contributed by atoms with Crippen LogP contribution in [-0.4, -0.2) is 21.0 Å². The molecule has 0 bridgehead atoms. The van der Waals surface area contributed by atoms with Gasteiger partial charge in [-0.15, -0.1) is 0 Å². The molecule has 1 heterocycles. The Morgan fingerprint density at radius 1 is 1.35 bits per heavy atom. The van der Waals surface area contributed by atoms with Gasteiger partial charge in [-0.3, -0.25) is 0 Å². The van der Waals surface area contributed by atoms with Crippen molar-refractivity contribution < 1.29 is 4.43 Å². The Hall–Kier alpha value is -0.163. The number of hydrogen-bond acceptors (Lipinski definition) is 2. The van der Waals surface area contributed by atoms with Gasteiger partial charge in [0.15, 0.2) is 8.32 Å². The predicted octanol–water partition coefficient (Wildman–Crippen LogP) is 4.49. The largest absolute Gasteiger partial charge is 0.415 e. The third-order valence-corrected chi connectivity index (χ3v) is 9.94. The number of hydrogen-bond donors (Lipinski definition) is 1. The van der Waals surface area contributed by atoms with Crippen LogP contribution in [0.5, 0.6) is 0 Å². The number of benzene rings is 1. The van der Waals surface area contributed by atoms with Crippen molar-refractivity contribution in [2.45, 2.75) is 57.9 Å². The van der Waals surface area contributed by atoms with Crippen molar-refractivity contribution in [2.24, 2.45) is 0 Å². The zero-order valence-corrected chi connectivity index (χ0v) is 15.8. The Labute approximate surface area is 132 Å². The molecule has 2 nitrogen and oxygen atoms in total. The van der Waals surface area contributed by atoms with Crippen molar-refractivity contribution in [1.82, 2.24) is 5.32 Å². The minimum absolute atomic E-state index is 0.278. The van der Waals surface area contributed by atoms with Crippen LogP contribution in [0.2, 0.25) is 18.1 Å². The highest BCUT2D eigenvalue weighted by atomic mass is 79.9. The average molecular weight is 356 g/mol.